The number of amides is 2. The van der Waals surface area contributed by atoms with Gasteiger partial charge in [-0.25, -0.2) is 0 Å². The van der Waals surface area contributed by atoms with Crippen LogP contribution in [0.3, 0.4) is 0 Å². The summed E-state index contributed by atoms with van der Waals surface area (Å²) in [5.74, 6) is -0.965. The molecule has 6 nitrogen and oxygen atoms in total. The lowest BCUT2D eigenvalue weighted by atomic mass is 9.89. The molecule has 2 amide bonds. The minimum Gasteiger partial charge on any atom is -0.388 e. The average molecular weight is 508 g/mol. The summed E-state index contributed by atoms with van der Waals surface area (Å²) in [4.78, 5) is 28.7. The minimum atomic E-state index is -4.94. The van der Waals surface area contributed by atoms with Gasteiger partial charge in [0.1, 0.15) is 0 Å². The largest absolute Gasteiger partial charge is 0.416 e. The zero-order valence-electron chi connectivity index (χ0n) is 19.0. The summed E-state index contributed by atoms with van der Waals surface area (Å²) >= 11 is 0. The molecule has 1 aromatic rings. The number of rotatable bonds is 4. The summed E-state index contributed by atoms with van der Waals surface area (Å²) in [6.45, 7) is 1.95. The van der Waals surface area contributed by atoms with Crippen molar-refractivity contribution in [3.8, 4) is 0 Å². The van der Waals surface area contributed by atoms with Gasteiger partial charge in [-0.3, -0.25) is 9.59 Å². The second-order valence-corrected chi connectivity index (χ2v) is 9.93. The molecule has 0 saturated carbocycles. The summed E-state index contributed by atoms with van der Waals surface area (Å²) in [7, 11) is 0. The van der Waals surface area contributed by atoms with Gasteiger partial charge in [0.2, 0.25) is 11.8 Å². The zero-order valence-corrected chi connectivity index (χ0v) is 19.0. The van der Waals surface area contributed by atoms with Crippen LogP contribution in [0.2, 0.25) is 0 Å². The topological polar surface area (TPSA) is 70.1 Å². The maximum Gasteiger partial charge on any atom is 0.416 e. The van der Waals surface area contributed by atoms with Gasteiger partial charge in [-0.15, -0.1) is 0 Å². The molecule has 3 heterocycles. The molecule has 194 valence electrons. The van der Waals surface area contributed by atoms with Gasteiger partial charge in [0.25, 0.3) is 0 Å². The van der Waals surface area contributed by atoms with Gasteiger partial charge in [0, 0.05) is 38.0 Å². The van der Waals surface area contributed by atoms with E-state index >= 15 is 0 Å². The smallest absolute Gasteiger partial charge is 0.388 e. The number of fused-ring (bicyclic) bond motifs is 1. The van der Waals surface area contributed by atoms with E-state index in [9.17, 15) is 41.0 Å². The van der Waals surface area contributed by atoms with Crippen molar-refractivity contribution in [2.75, 3.05) is 19.6 Å². The van der Waals surface area contributed by atoms with Crippen LogP contribution in [0, 0.1) is 5.92 Å². The van der Waals surface area contributed by atoms with Crippen LogP contribution in [-0.4, -0.2) is 64.1 Å². The molecular formula is C23H26F6N2O4. The number of hydrogen-bond acceptors (Lipinski definition) is 4. The van der Waals surface area contributed by atoms with Crippen LogP contribution in [0.1, 0.15) is 49.3 Å². The van der Waals surface area contributed by atoms with E-state index in [4.69, 9.17) is 4.74 Å². The lowest BCUT2D eigenvalue weighted by Gasteiger charge is -2.35. The Balaban J connectivity index is 1.39. The number of carbonyl (C=O) groups excluding carboxylic acids is 2. The molecule has 0 spiro atoms. The third-order valence-electron chi connectivity index (χ3n) is 6.92. The summed E-state index contributed by atoms with van der Waals surface area (Å²) in [6, 6.07) is 1.02. The van der Waals surface area contributed by atoms with Gasteiger partial charge < -0.3 is 19.6 Å². The molecule has 0 radical (unpaired) electrons. The molecule has 1 N–H and O–H groups in total. The Morgan fingerprint density at radius 1 is 1.11 bits per heavy atom. The Hall–Kier alpha value is -2.34. The molecular weight excluding hydrogens is 482 g/mol. The van der Waals surface area contributed by atoms with Crippen molar-refractivity contribution < 1.29 is 45.8 Å². The Kier molecular flexibility index (Phi) is 6.58. The van der Waals surface area contributed by atoms with Gasteiger partial charge in [-0.2, -0.15) is 26.3 Å². The fraction of sp³-hybridized carbons (Fsp3) is 0.652. The lowest BCUT2D eigenvalue weighted by molar-refractivity contribution is -0.146. The number of likely N-dealkylation sites (tertiary alicyclic amines) is 1. The van der Waals surface area contributed by atoms with Gasteiger partial charge >= 0.3 is 12.4 Å². The van der Waals surface area contributed by atoms with E-state index in [1.165, 1.54) is 0 Å². The summed E-state index contributed by atoms with van der Waals surface area (Å²) < 4.78 is 84.1. The van der Waals surface area contributed by atoms with Crippen LogP contribution in [0.5, 0.6) is 0 Å². The number of hydrogen-bond donors (Lipinski definition) is 1. The number of carbonyl (C=O) groups is 2. The first-order valence-electron chi connectivity index (χ1n) is 11.3. The third kappa shape index (κ3) is 5.74. The second kappa shape index (κ2) is 8.95. The fourth-order valence-corrected chi connectivity index (χ4v) is 5.16. The molecule has 0 bridgehead atoms. The highest BCUT2D eigenvalue weighted by Crippen LogP contribution is 2.38. The van der Waals surface area contributed by atoms with E-state index in [1.807, 2.05) is 0 Å². The number of benzene rings is 1. The molecule has 0 aromatic heterocycles. The molecule has 0 aliphatic carbocycles. The summed E-state index contributed by atoms with van der Waals surface area (Å²) in [6.07, 6.45) is -9.26. The third-order valence-corrected chi connectivity index (χ3v) is 6.92. The first-order chi connectivity index (χ1) is 16.1. The highest BCUT2D eigenvalue weighted by atomic mass is 19.4. The number of halogens is 6. The van der Waals surface area contributed by atoms with Gasteiger partial charge in [0.15, 0.2) is 0 Å². The molecule has 12 heteroatoms. The Labute approximate surface area is 197 Å². The summed E-state index contributed by atoms with van der Waals surface area (Å²) in [5, 5.41) is 10.1. The van der Waals surface area contributed by atoms with Crippen molar-refractivity contribution in [3.05, 3.63) is 34.9 Å². The lowest BCUT2D eigenvalue weighted by Crippen LogP contribution is -2.47. The first kappa shape index (κ1) is 25.7. The molecule has 3 fully saturated rings. The Morgan fingerprint density at radius 2 is 1.74 bits per heavy atom. The highest BCUT2D eigenvalue weighted by Gasteiger charge is 2.46. The number of aliphatic hydroxyl groups is 1. The summed E-state index contributed by atoms with van der Waals surface area (Å²) in [5.41, 5.74) is -4.04. The van der Waals surface area contributed by atoms with E-state index in [2.05, 4.69) is 0 Å². The number of piperidine rings is 1. The normalized spacial score (nSPS) is 29.6. The van der Waals surface area contributed by atoms with Crippen LogP contribution in [-0.2, 0) is 33.3 Å². The van der Waals surface area contributed by atoms with E-state index in [0.29, 0.717) is 37.9 Å². The molecule has 1 aromatic carbocycles. The average Bonchev–Trinajstić information content (AvgIpc) is 3.33. The highest BCUT2D eigenvalue weighted by molar-refractivity contribution is 5.87. The van der Waals surface area contributed by atoms with Crippen molar-refractivity contribution >= 4 is 11.8 Å². The molecule has 3 aliphatic rings. The molecule has 3 aliphatic heterocycles. The molecule has 35 heavy (non-hydrogen) atoms. The number of β-amino-alcohol motifs (C(OH)–C–C–N with tert-alkyl or cyclic N) is 1. The monoisotopic (exact) mass is 508 g/mol. The van der Waals surface area contributed by atoms with Crippen molar-refractivity contribution in [1.29, 1.82) is 0 Å². The maximum atomic E-state index is 13.1. The number of alkyl halides is 6. The van der Waals surface area contributed by atoms with Crippen molar-refractivity contribution in [3.63, 3.8) is 0 Å². The van der Waals surface area contributed by atoms with Crippen LogP contribution < -0.4 is 0 Å². The fourth-order valence-electron chi connectivity index (χ4n) is 5.16. The van der Waals surface area contributed by atoms with E-state index < -0.39 is 47.7 Å². The van der Waals surface area contributed by atoms with Gasteiger partial charge in [-0.1, -0.05) is 0 Å². The molecule has 4 unspecified atom stereocenters. The van der Waals surface area contributed by atoms with Crippen molar-refractivity contribution in [1.82, 2.24) is 9.80 Å². The molecule has 4 rings (SSSR count). The molecule has 3 saturated heterocycles. The van der Waals surface area contributed by atoms with Crippen molar-refractivity contribution in [2.45, 2.75) is 69.3 Å². The first-order valence-corrected chi connectivity index (χ1v) is 11.3. The van der Waals surface area contributed by atoms with E-state index in [1.54, 1.807) is 16.7 Å². The quantitative estimate of drug-likeness (QED) is 0.632. The van der Waals surface area contributed by atoms with Crippen LogP contribution >= 0.6 is 0 Å². The minimum absolute atomic E-state index is 0.0171. The predicted molar refractivity (Wildman–Crippen MR) is 110 cm³/mol. The standard InChI is InChI=1S/C23H26F6N2O4/c1-21(34)2-3-30(12-21)20(33)14-6-17-9-18(10-31(17)19(32)7-14)35-11-13-4-15(22(24,25)26)8-16(5-13)23(27,28)29/h4-5,8,14,17-18,34H,2-3,6-7,9-12H2,1H3. The molecule has 4 atom stereocenters. The van der Waals surface area contributed by atoms with Gasteiger partial charge in [-0.05, 0) is 49.9 Å². The van der Waals surface area contributed by atoms with Crippen molar-refractivity contribution in [2.24, 2.45) is 5.92 Å². The SMILES string of the molecule is CC1(O)CCN(C(=O)C2CC(=O)N3CC(OCc4cc(C(F)(F)F)cc(C(F)(F)F)c4)CC3C2)C1. The van der Waals surface area contributed by atoms with Crippen LogP contribution in [0.4, 0.5) is 26.3 Å². The Bertz CT molecular complexity index is 961. The van der Waals surface area contributed by atoms with E-state index in [-0.39, 0.29) is 49.0 Å². The second-order valence-electron chi connectivity index (χ2n) is 9.93. The van der Waals surface area contributed by atoms with E-state index in [0.717, 1.165) is 0 Å². The van der Waals surface area contributed by atoms with Gasteiger partial charge in [0.05, 0.1) is 29.4 Å². The predicted octanol–water partition coefficient (Wildman–Crippen LogP) is 3.60. The zero-order chi connectivity index (χ0) is 25.8. The van der Waals surface area contributed by atoms with Crippen LogP contribution in [0.15, 0.2) is 18.2 Å². The Morgan fingerprint density at radius 3 is 2.29 bits per heavy atom. The number of nitrogens with zero attached hydrogens (tertiary/aromatic N) is 2. The van der Waals surface area contributed by atoms with Crippen LogP contribution in [0.25, 0.3) is 0 Å². The maximum absolute atomic E-state index is 13.1. The number of ether oxygens (including phenoxy) is 1.